The Morgan fingerprint density at radius 3 is 2.12 bits per heavy atom. The van der Waals surface area contributed by atoms with Crippen molar-refractivity contribution < 1.29 is 4.74 Å². The minimum Gasteiger partial charge on any atom is -0.375 e. The van der Waals surface area contributed by atoms with Gasteiger partial charge in [0.2, 0.25) is 0 Å². The third kappa shape index (κ3) is 16.7. The SMILES string of the molecule is CC(C)N(Br)CCSCCC(C)(C)OCCC(C)(C)SCCN(Br)Br. The maximum absolute atomic E-state index is 6.18. The zero-order valence-electron chi connectivity index (χ0n) is 16.5. The standard InChI is InChI=1S/C17H35Br3N2OS2/c1-15(2)21(18)9-13-24-12-8-16(3,4)23-11-7-17(5,6)25-14-10-22(19)20/h15H,7-14H2,1-6H3. The number of thioether (sulfide) groups is 2. The first kappa shape index (κ1) is 27.0. The smallest absolute Gasteiger partial charge is 0.0634 e. The highest BCUT2D eigenvalue weighted by atomic mass is 79.9. The van der Waals surface area contributed by atoms with Crippen molar-refractivity contribution in [1.82, 2.24) is 6.88 Å². The average molecular weight is 587 g/mol. The summed E-state index contributed by atoms with van der Waals surface area (Å²) in [6, 6.07) is 0.550. The molecule has 0 atom stereocenters. The van der Waals surface area contributed by atoms with Crippen molar-refractivity contribution in [3.8, 4) is 0 Å². The summed E-state index contributed by atoms with van der Waals surface area (Å²) in [6.45, 7) is 16.3. The van der Waals surface area contributed by atoms with Crippen LogP contribution in [0.1, 0.15) is 54.4 Å². The molecule has 0 rings (SSSR count). The van der Waals surface area contributed by atoms with Gasteiger partial charge < -0.3 is 4.74 Å². The molecule has 0 saturated heterocycles. The summed E-state index contributed by atoms with van der Waals surface area (Å²) in [5, 5.41) is 0. The molecule has 0 fully saturated rings. The van der Waals surface area contributed by atoms with Gasteiger partial charge in [0.15, 0.2) is 0 Å². The molecule has 0 aromatic carbocycles. The second kappa shape index (κ2) is 14.1. The summed E-state index contributed by atoms with van der Waals surface area (Å²) in [7, 11) is 0. The van der Waals surface area contributed by atoms with Gasteiger partial charge in [0.05, 0.1) is 5.60 Å². The second-order valence-electron chi connectivity index (χ2n) is 7.57. The molecule has 0 unspecified atom stereocenters. The molecule has 0 aliphatic rings. The molecule has 0 aliphatic heterocycles. The topological polar surface area (TPSA) is 15.7 Å². The highest BCUT2D eigenvalue weighted by Gasteiger charge is 2.22. The summed E-state index contributed by atoms with van der Waals surface area (Å²) < 4.78 is 10.5. The molecule has 0 bridgehead atoms. The summed E-state index contributed by atoms with van der Waals surface area (Å²) in [4.78, 5) is 0. The third-order valence-electron chi connectivity index (χ3n) is 3.81. The van der Waals surface area contributed by atoms with Crippen molar-refractivity contribution in [3.05, 3.63) is 0 Å². The van der Waals surface area contributed by atoms with Crippen LogP contribution < -0.4 is 0 Å². The largest absolute Gasteiger partial charge is 0.375 e. The summed E-state index contributed by atoms with van der Waals surface area (Å²) in [6.07, 6.45) is 2.17. The molecule has 8 heteroatoms. The average Bonchev–Trinajstić information content (AvgIpc) is 2.45. The maximum atomic E-state index is 6.18. The zero-order valence-corrected chi connectivity index (χ0v) is 22.9. The molecule has 152 valence electrons. The Kier molecular flexibility index (Phi) is 15.2. The Morgan fingerprint density at radius 2 is 1.56 bits per heavy atom. The van der Waals surface area contributed by atoms with Crippen molar-refractivity contribution in [3.63, 3.8) is 0 Å². The molecule has 3 nitrogen and oxygen atoms in total. The van der Waals surface area contributed by atoms with Gasteiger partial charge in [-0.2, -0.15) is 26.5 Å². The van der Waals surface area contributed by atoms with Crippen molar-refractivity contribution in [2.24, 2.45) is 0 Å². The van der Waals surface area contributed by atoms with Gasteiger partial charge in [0.1, 0.15) is 0 Å². The second-order valence-corrected chi connectivity index (χ2v) is 14.2. The fourth-order valence-corrected chi connectivity index (χ4v) is 5.39. The van der Waals surface area contributed by atoms with E-state index in [0.717, 1.165) is 49.8 Å². The maximum Gasteiger partial charge on any atom is 0.0634 e. The van der Waals surface area contributed by atoms with Crippen LogP contribution in [0.25, 0.3) is 0 Å². The molecule has 25 heavy (non-hydrogen) atoms. The van der Waals surface area contributed by atoms with E-state index in [-0.39, 0.29) is 10.3 Å². The molecule has 0 spiro atoms. The van der Waals surface area contributed by atoms with Crippen LogP contribution in [-0.2, 0) is 4.74 Å². The van der Waals surface area contributed by atoms with Gasteiger partial charge >= 0.3 is 0 Å². The number of hydrogen-bond donors (Lipinski definition) is 0. The van der Waals surface area contributed by atoms with Gasteiger partial charge in [0.25, 0.3) is 0 Å². The van der Waals surface area contributed by atoms with Crippen LogP contribution >= 0.6 is 72.0 Å². The minimum atomic E-state index is -0.0393. The fourth-order valence-electron chi connectivity index (χ4n) is 1.94. The molecule has 0 amide bonds. The first-order valence-electron chi connectivity index (χ1n) is 8.82. The van der Waals surface area contributed by atoms with Crippen molar-refractivity contribution in [2.45, 2.75) is 70.8 Å². The predicted molar refractivity (Wildman–Crippen MR) is 128 cm³/mol. The normalized spacial score (nSPS) is 13.4. The quantitative estimate of drug-likeness (QED) is 0.155. The Balaban J connectivity index is 3.85. The number of ether oxygens (including phenoxy) is 1. The van der Waals surface area contributed by atoms with Gasteiger partial charge in [-0.05, 0) is 46.3 Å². The summed E-state index contributed by atoms with van der Waals surface area (Å²) in [5.41, 5.74) is -0.0393. The predicted octanol–water partition coefficient (Wildman–Crippen LogP) is 6.75. The molecule has 0 aliphatic carbocycles. The Hall–Kier alpha value is 2.02. The van der Waals surface area contributed by atoms with Gasteiger partial charge in [-0.3, -0.25) is 0 Å². The van der Waals surface area contributed by atoms with E-state index in [1.165, 1.54) is 0 Å². The van der Waals surface area contributed by atoms with Crippen LogP contribution in [0.4, 0.5) is 0 Å². The van der Waals surface area contributed by atoms with E-state index in [0.29, 0.717) is 6.04 Å². The molecule has 0 heterocycles. The zero-order chi connectivity index (χ0) is 19.5. The minimum absolute atomic E-state index is 0.0393. The van der Waals surface area contributed by atoms with E-state index in [1.807, 2.05) is 26.5 Å². The van der Waals surface area contributed by atoms with E-state index in [4.69, 9.17) is 4.74 Å². The Bertz CT molecular complexity index is 346. The van der Waals surface area contributed by atoms with E-state index >= 15 is 0 Å². The van der Waals surface area contributed by atoms with Gasteiger partial charge in [0, 0.05) is 90.4 Å². The first-order chi connectivity index (χ1) is 11.5. The van der Waals surface area contributed by atoms with E-state index < -0.39 is 0 Å². The van der Waals surface area contributed by atoms with Gasteiger partial charge in [-0.1, -0.05) is 13.8 Å². The van der Waals surface area contributed by atoms with Gasteiger partial charge in [-0.25, -0.2) is 3.93 Å². The number of rotatable bonds is 15. The van der Waals surface area contributed by atoms with E-state index in [9.17, 15) is 0 Å². The van der Waals surface area contributed by atoms with Crippen LogP contribution in [0.2, 0.25) is 0 Å². The van der Waals surface area contributed by atoms with Crippen molar-refractivity contribution in [2.75, 3.05) is 37.0 Å². The fraction of sp³-hybridized carbons (Fsp3) is 1.00. The van der Waals surface area contributed by atoms with Gasteiger partial charge in [-0.15, -0.1) is 0 Å². The van der Waals surface area contributed by atoms with Crippen LogP contribution in [0.15, 0.2) is 0 Å². The number of halogens is 3. The summed E-state index contributed by atoms with van der Waals surface area (Å²) >= 11 is 14.4. The summed E-state index contributed by atoms with van der Waals surface area (Å²) in [5.74, 6) is 3.39. The molecule has 0 aromatic heterocycles. The molecular formula is C17H35Br3N2OS2. The van der Waals surface area contributed by atoms with Crippen LogP contribution in [0, 0.1) is 0 Å². The molecule has 0 aromatic rings. The number of nitrogens with zero attached hydrogens (tertiary/aromatic N) is 2. The first-order valence-corrected chi connectivity index (χ1v) is 13.1. The molecule has 0 N–H and O–H groups in total. The van der Waals surface area contributed by atoms with E-state index in [1.54, 1.807) is 0 Å². The molecule has 0 radical (unpaired) electrons. The molecular weight excluding hydrogens is 552 g/mol. The lowest BCUT2D eigenvalue weighted by atomic mass is 10.1. The highest BCUT2D eigenvalue weighted by molar-refractivity contribution is 9.21. The lowest BCUT2D eigenvalue weighted by molar-refractivity contribution is -0.0221. The van der Waals surface area contributed by atoms with Crippen LogP contribution in [0.3, 0.4) is 0 Å². The van der Waals surface area contributed by atoms with E-state index in [2.05, 4.69) is 93.9 Å². The van der Waals surface area contributed by atoms with Crippen LogP contribution in [0.5, 0.6) is 0 Å². The van der Waals surface area contributed by atoms with Crippen molar-refractivity contribution >= 4 is 72.0 Å². The number of hydrogen-bond acceptors (Lipinski definition) is 5. The van der Waals surface area contributed by atoms with Crippen LogP contribution in [-0.4, -0.2) is 60.2 Å². The Labute approximate surface area is 190 Å². The lowest BCUT2D eigenvalue weighted by Gasteiger charge is -2.29. The Morgan fingerprint density at radius 1 is 0.920 bits per heavy atom. The monoisotopic (exact) mass is 584 g/mol. The third-order valence-corrected chi connectivity index (χ3v) is 8.03. The van der Waals surface area contributed by atoms with Crippen molar-refractivity contribution in [1.29, 1.82) is 0 Å². The lowest BCUT2D eigenvalue weighted by Crippen LogP contribution is -2.29. The molecule has 0 saturated carbocycles. The highest BCUT2D eigenvalue weighted by Crippen LogP contribution is 2.29.